The van der Waals surface area contributed by atoms with Crippen LogP contribution in [0.25, 0.3) is 0 Å². The Hall–Kier alpha value is -2.90. The lowest BCUT2D eigenvalue weighted by molar-refractivity contribution is -0.163. The van der Waals surface area contributed by atoms with Crippen molar-refractivity contribution in [3.63, 3.8) is 0 Å². The minimum Gasteiger partial charge on any atom is -0.465 e. The SMILES string of the molecule is CCOC(=O)CN(C(=O)OCc1ccccc1)C(Oc1cccc(Cl)c1)(Oc1cccc(Cl)c1)[PH+]=S. The summed E-state index contributed by atoms with van der Waals surface area (Å²) >= 11 is 17.7. The van der Waals surface area contributed by atoms with Crippen LogP contribution < -0.4 is 9.47 Å². The van der Waals surface area contributed by atoms with Crippen molar-refractivity contribution < 1.29 is 28.5 Å². The van der Waals surface area contributed by atoms with E-state index in [0.29, 0.717) is 10.0 Å². The van der Waals surface area contributed by atoms with Crippen LogP contribution in [0.5, 0.6) is 11.5 Å². The average molecular weight is 567 g/mol. The van der Waals surface area contributed by atoms with E-state index in [9.17, 15) is 9.59 Å². The lowest BCUT2D eigenvalue weighted by Crippen LogP contribution is -2.57. The lowest BCUT2D eigenvalue weighted by Gasteiger charge is -2.33. The van der Waals surface area contributed by atoms with Crippen LogP contribution in [0.1, 0.15) is 12.5 Å². The summed E-state index contributed by atoms with van der Waals surface area (Å²) in [6.45, 7) is 1.17. The van der Waals surface area contributed by atoms with Crippen LogP contribution in [0.2, 0.25) is 10.0 Å². The number of carbonyl (C=O) groups is 2. The third kappa shape index (κ3) is 7.80. The quantitative estimate of drug-likeness (QED) is 0.151. The van der Waals surface area contributed by atoms with Gasteiger partial charge in [-0.15, -0.1) is 0 Å². The maximum atomic E-state index is 13.4. The highest BCUT2D eigenvalue weighted by Crippen LogP contribution is 2.36. The molecule has 36 heavy (non-hydrogen) atoms. The van der Waals surface area contributed by atoms with Gasteiger partial charge in [0.25, 0.3) is 7.36 Å². The standard InChI is InChI=1S/C25H22Cl2NO6PS/c1-2-31-23(29)16-28(24(30)32-17-18-8-4-3-5-9-18)25(35-36,33-21-12-6-10-19(26)14-21)34-22-13-7-11-20(27)15-22/h3-15H,2,16-17H2,1H3/p+1. The molecule has 0 spiro atoms. The minimum atomic E-state index is -1.97. The Morgan fingerprint density at radius 1 is 0.889 bits per heavy atom. The molecule has 11 heteroatoms. The largest absolute Gasteiger partial charge is 0.525 e. The molecule has 3 aromatic rings. The molecule has 0 aliphatic carbocycles. The number of hydrogen-bond donors (Lipinski definition) is 0. The summed E-state index contributed by atoms with van der Waals surface area (Å²) in [4.78, 5) is 26.9. The van der Waals surface area contributed by atoms with Crippen molar-refractivity contribution in [1.29, 1.82) is 0 Å². The minimum absolute atomic E-state index is 0.0516. The molecule has 0 saturated heterocycles. The topological polar surface area (TPSA) is 74.3 Å². The Morgan fingerprint density at radius 2 is 1.47 bits per heavy atom. The van der Waals surface area contributed by atoms with E-state index >= 15 is 0 Å². The number of halogens is 2. The monoisotopic (exact) mass is 566 g/mol. The van der Waals surface area contributed by atoms with E-state index in [1.807, 2.05) is 18.2 Å². The highest BCUT2D eigenvalue weighted by Gasteiger charge is 2.54. The molecule has 1 amide bonds. The predicted molar refractivity (Wildman–Crippen MR) is 143 cm³/mol. The van der Waals surface area contributed by atoms with Gasteiger partial charge in [-0.3, -0.25) is 4.79 Å². The lowest BCUT2D eigenvalue weighted by atomic mass is 10.2. The summed E-state index contributed by atoms with van der Waals surface area (Å²) in [6, 6.07) is 22.0. The highest BCUT2D eigenvalue weighted by molar-refractivity contribution is 7.97. The van der Waals surface area contributed by atoms with E-state index in [4.69, 9.17) is 54.0 Å². The first-order valence-electron chi connectivity index (χ1n) is 10.8. The highest BCUT2D eigenvalue weighted by atomic mass is 35.5. The molecule has 1 atom stereocenters. The van der Waals surface area contributed by atoms with Crippen molar-refractivity contribution in [2.24, 2.45) is 0 Å². The van der Waals surface area contributed by atoms with Crippen LogP contribution in [-0.2, 0) is 32.7 Å². The Labute approximate surface area is 225 Å². The maximum absolute atomic E-state index is 13.4. The van der Waals surface area contributed by atoms with E-state index in [2.05, 4.69) is 0 Å². The number of ether oxygens (including phenoxy) is 4. The van der Waals surface area contributed by atoms with Gasteiger partial charge < -0.3 is 18.9 Å². The molecule has 7 nitrogen and oxygen atoms in total. The molecule has 0 N–H and O–H groups in total. The van der Waals surface area contributed by atoms with E-state index in [1.54, 1.807) is 55.5 Å². The molecule has 0 fully saturated rings. The molecule has 0 aliphatic heterocycles. The average Bonchev–Trinajstić information content (AvgIpc) is 2.86. The smallest absolute Gasteiger partial charge is 0.465 e. The van der Waals surface area contributed by atoms with Gasteiger partial charge in [-0.1, -0.05) is 65.7 Å². The van der Waals surface area contributed by atoms with Crippen molar-refractivity contribution in [3.05, 3.63) is 94.5 Å². The van der Waals surface area contributed by atoms with Crippen molar-refractivity contribution in [2.45, 2.75) is 19.2 Å². The first-order valence-corrected chi connectivity index (χ1v) is 13.7. The number of hydrogen-bond acceptors (Lipinski definition) is 7. The second kappa shape index (κ2) is 13.4. The zero-order valence-electron chi connectivity index (χ0n) is 19.2. The van der Waals surface area contributed by atoms with E-state index in [1.165, 1.54) is 12.1 Å². The Morgan fingerprint density at radius 3 is 1.97 bits per heavy atom. The van der Waals surface area contributed by atoms with Gasteiger partial charge in [0.1, 0.15) is 24.7 Å². The van der Waals surface area contributed by atoms with Crippen LogP contribution >= 0.6 is 30.6 Å². The molecule has 188 valence electrons. The van der Waals surface area contributed by atoms with E-state index in [-0.39, 0.29) is 24.7 Å². The summed E-state index contributed by atoms with van der Waals surface area (Å²) in [5, 5.41) is 0.779. The van der Waals surface area contributed by atoms with Gasteiger partial charge in [0.2, 0.25) is 0 Å². The predicted octanol–water partition coefficient (Wildman–Crippen LogP) is 6.40. The zero-order valence-corrected chi connectivity index (χ0v) is 22.5. The van der Waals surface area contributed by atoms with Gasteiger partial charge in [-0.25, -0.2) is 4.79 Å². The van der Waals surface area contributed by atoms with E-state index < -0.39 is 31.6 Å². The number of nitrogens with zero attached hydrogens (tertiary/aromatic N) is 1. The summed E-state index contributed by atoms with van der Waals surface area (Å²) in [7, 11) is -0.620. The molecule has 0 aromatic heterocycles. The third-order valence-electron chi connectivity index (χ3n) is 4.61. The Bertz CT molecular complexity index is 1150. The first kappa shape index (κ1) is 27.7. The summed E-state index contributed by atoms with van der Waals surface area (Å²) < 4.78 is 22.9. The van der Waals surface area contributed by atoms with Gasteiger partial charge in [-0.05, 0) is 48.9 Å². The number of carbonyl (C=O) groups excluding carboxylic acids is 2. The Balaban J connectivity index is 2.03. The molecular formula is C25H23Cl2NO6PS+. The van der Waals surface area contributed by atoms with Crippen LogP contribution in [0.15, 0.2) is 78.9 Å². The molecule has 0 aliphatic rings. The molecule has 3 rings (SSSR count). The van der Waals surface area contributed by atoms with Gasteiger partial charge in [0.15, 0.2) is 11.8 Å². The molecular weight excluding hydrogens is 544 g/mol. The van der Waals surface area contributed by atoms with Gasteiger partial charge in [-0.2, -0.15) is 4.90 Å². The third-order valence-corrected chi connectivity index (χ3v) is 6.58. The number of rotatable bonds is 11. The molecule has 1 unspecified atom stereocenters. The van der Waals surface area contributed by atoms with Crippen LogP contribution in [-0.4, -0.2) is 35.8 Å². The molecule has 0 saturated carbocycles. The van der Waals surface area contributed by atoms with Crippen molar-refractivity contribution in [3.8, 4) is 11.5 Å². The summed E-state index contributed by atoms with van der Waals surface area (Å²) in [5.74, 6) is -0.186. The van der Waals surface area contributed by atoms with Crippen LogP contribution in [0.3, 0.4) is 0 Å². The summed E-state index contributed by atoms with van der Waals surface area (Å²) in [5.41, 5.74) is -1.22. The summed E-state index contributed by atoms with van der Waals surface area (Å²) in [6.07, 6.45) is -0.895. The maximum Gasteiger partial charge on any atom is 0.525 e. The fourth-order valence-electron chi connectivity index (χ4n) is 3.03. The Kier molecular flexibility index (Phi) is 10.3. The molecule has 0 radical (unpaired) electrons. The van der Waals surface area contributed by atoms with Gasteiger partial charge in [0, 0.05) is 10.0 Å². The van der Waals surface area contributed by atoms with E-state index in [0.717, 1.165) is 10.5 Å². The van der Waals surface area contributed by atoms with Gasteiger partial charge >= 0.3 is 17.7 Å². The fourth-order valence-corrected chi connectivity index (χ4v) is 4.57. The number of benzene rings is 3. The zero-order chi connectivity index (χ0) is 26.0. The fraction of sp³-hybridized carbons (Fsp3) is 0.200. The second-order valence-electron chi connectivity index (χ2n) is 7.23. The van der Waals surface area contributed by atoms with Crippen molar-refractivity contribution in [1.82, 2.24) is 4.90 Å². The molecule has 3 aromatic carbocycles. The number of esters is 1. The first-order chi connectivity index (χ1) is 17.3. The molecule has 0 bridgehead atoms. The number of amides is 1. The van der Waals surface area contributed by atoms with Crippen molar-refractivity contribution in [2.75, 3.05) is 13.2 Å². The molecule has 0 heterocycles. The van der Waals surface area contributed by atoms with Crippen LogP contribution in [0.4, 0.5) is 4.79 Å². The normalized spacial score (nSPS) is 11.0. The van der Waals surface area contributed by atoms with Crippen molar-refractivity contribution >= 4 is 54.4 Å². The van der Waals surface area contributed by atoms with Gasteiger partial charge in [0.05, 0.1) is 6.61 Å². The second-order valence-corrected chi connectivity index (χ2v) is 9.56. The van der Waals surface area contributed by atoms with Crippen LogP contribution in [0, 0.1) is 0 Å².